The number of allylic oxidation sites excluding steroid dienone is 2. The van der Waals surface area contributed by atoms with Crippen LogP contribution in [0.1, 0.15) is 6.92 Å². The highest BCUT2D eigenvalue weighted by Crippen LogP contribution is 1.92. The van der Waals surface area contributed by atoms with Gasteiger partial charge in [-0.1, -0.05) is 25.3 Å². The van der Waals surface area contributed by atoms with Gasteiger partial charge in [0.15, 0.2) is 0 Å². The van der Waals surface area contributed by atoms with Crippen molar-refractivity contribution in [2.75, 3.05) is 19.8 Å². The van der Waals surface area contributed by atoms with E-state index in [1.807, 2.05) is 19.1 Å². The SMILES string of the molecule is C=CC(=C)OCCOC/C=C\C. The molecule has 0 unspecified atom stereocenters. The smallest absolute Gasteiger partial charge is 0.112 e. The van der Waals surface area contributed by atoms with Crippen molar-refractivity contribution in [2.24, 2.45) is 0 Å². The minimum absolute atomic E-state index is 0.530. The molecule has 0 atom stereocenters. The van der Waals surface area contributed by atoms with Crippen molar-refractivity contribution >= 4 is 0 Å². The lowest BCUT2D eigenvalue weighted by Crippen LogP contribution is -2.02. The van der Waals surface area contributed by atoms with E-state index >= 15 is 0 Å². The maximum atomic E-state index is 5.18. The number of hydrogen-bond acceptors (Lipinski definition) is 2. The Balaban J connectivity index is 3.10. The molecule has 0 amide bonds. The van der Waals surface area contributed by atoms with Gasteiger partial charge in [0.2, 0.25) is 0 Å². The fraction of sp³-hybridized carbons (Fsp3) is 0.400. The van der Waals surface area contributed by atoms with Crippen molar-refractivity contribution in [1.82, 2.24) is 0 Å². The highest BCUT2D eigenvalue weighted by atomic mass is 16.5. The van der Waals surface area contributed by atoms with Crippen LogP contribution >= 0.6 is 0 Å². The van der Waals surface area contributed by atoms with E-state index in [4.69, 9.17) is 9.47 Å². The van der Waals surface area contributed by atoms with Gasteiger partial charge in [-0.05, 0) is 13.0 Å². The van der Waals surface area contributed by atoms with Gasteiger partial charge in [0.05, 0.1) is 13.2 Å². The molecule has 0 aromatic heterocycles. The Morgan fingerprint density at radius 2 is 2.17 bits per heavy atom. The molecule has 0 aliphatic rings. The van der Waals surface area contributed by atoms with Gasteiger partial charge in [-0.25, -0.2) is 0 Å². The Labute approximate surface area is 74.2 Å². The maximum Gasteiger partial charge on any atom is 0.112 e. The molecule has 68 valence electrons. The summed E-state index contributed by atoms with van der Waals surface area (Å²) in [5, 5.41) is 0. The minimum Gasteiger partial charge on any atom is -0.492 e. The van der Waals surface area contributed by atoms with Gasteiger partial charge in [-0.2, -0.15) is 0 Å². The van der Waals surface area contributed by atoms with Crippen molar-refractivity contribution in [3.63, 3.8) is 0 Å². The monoisotopic (exact) mass is 168 g/mol. The lowest BCUT2D eigenvalue weighted by molar-refractivity contribution is 0.0954. The largest absolute Gasteiger partial charge is 0.492 e. The molecule has 0 radical (unpaired) electrons. The van der Waals surface area contributed by atoms with Gasteiger partial charge in [-0.15, -0.1) is 0 Å². The van der Waals surface area contributed by atoms with Crippen molar-refractivity contribution in [1.29, 1.82) is 0 Å². The standard InChI is InChI=1S/C10H16O2/c1-4-6-7-11-8-9-12-10(3)5-2/h4-6H,2-3,7-9H2,1H3/b6-4-. The first-order valence-electron chi connectivity index (χ1n) is 3.94. The molecule has 0 aliphatic heterocycles. The zero-order chi connectivity index (χ0) is 9.23. The fourth-order valence-corrected chi connectivity index (χ4v) is 0.538. The van der Waals surface area contributed by atoms with Crippen LogP contribution in [0.4, 0.5) is 0 Å². The average molecular weight is 168 g/mol. The van der Waals surface area contributed by atoms with Crippen molar-refractivity contribution in [2.45, 2.75) is 6.92 Å². The van der Waals surface area contributed by atoms with E-state index < -0.39 is 0 Å². The molecule has 0 bridgehead atoms. The molecule has 2 heteroatoms. The summed E-state index contributed by atoms with van der Waals surface area (Å²) in [6.07, 6.45) is 5.47. The lowest BCUT2D eigenvalue weighted by Gasteiger charge is -2.04. The van der Waals surface area contributed by atoms with Crippen LogP contribution in [0.15, 0.2) is 37.1 Å². The van der Waals surface area contributed by atoms with Crippen LogP contribution in [-0.4, -0.2) is 19.8 Å². The quantitative estimate of drug-likeness (QED) is 0.251. The first-order chi connectivity index (χ1) is 5.81. The molecule has 0 aromatic rings. The van der Waals surface area contributed by atoms with Crippen LogP contribution in [0, 0.1) is 0 Å². The van der Waals surface area contributed by atoms with Crippen molar-refractivity contribution < 1.29 is 9.47 Å². The number of ether oxygens (including phenoxy) is 2. The van der Waals surface area contributed by atoms with Crippen LogP contribution in [0.5, 0.6) is 0 Å². The summed E-state index contributed by atoms with van der Waals surface area (Å²) in [5.41, 5.74) is 0. The van der Waals surface area contributed by atoms with Gasteiger partial charge in [0.1, 0.15) is 12.4 Å². The molecule has 0 spiro atoms. The van der Waals surface area contributed by atoms with E-state index in [1.165, 1.54) is 0 Å². The van der Waals surface area contributed by atoms with Gasteiger partial charge in [-0.3, -0.25) is 0 Å². The van der Waals surface area contributed by atoms with E-state index in [9.17, 15) is 0 Å². The molecule has 0 aliphatic carbocycles. The molecule has 0 heterocycles. The third-order valence-corrected chi connectivity index (χ3v) is 1.19. The molecule has 0 aromatic carbocycles. The average Bonchev–Trinajstić information content (AvgIpc) is 2.10. The Bertz CT molecular complexity index is 159. The molecule has 0 saturated carbocycles. The van der Waals surface area contributed by atoms with Crippen LogP contribution in [-0.2, 0) is 9.47 Å². The van der Waals surface area contributed by atoms with Crippen molar-refractivity contribution in [3.8, 4) is 0 Å². The van der Waals surface area contributed by atoms with Crippen LogP contribution in [0.3, 0.4) is 0 Å². The highest BCUT2D eigenvalue weighted by molar-refractivity contribution is 5.01. The summed E-state index contributed by atoms with van der Waals surface area (Å²) >= 11 is 0. The summed E-state index contributed by atoms with van der Waals surface area (Å²) in [7, 11) is 0. The third kappa shape index (κ3) is 7.09. The van der Waals surface area contributed by atoms with Gasteiger partial charge in [0.25, 0.3) is 0 Å². The zero-order valence-electron chi connectivity index (χ0n) is 7.58. The zero-order valence-corrected chi connectivity index (χ0v) is 7.58. The van der Waals surface area contributed by atoms with Crippen molar-refractivity contribution in [3.05, 3.63) is 37.1 Å². The van der Waals surface area contributed by atoms with Gasteiger partial charge in [0, 0.05) is 0 Å². The fourth-order valence-electron chi connectivity index (χ4n) is 0.538. The second kappa shape index (κ2) is 8.08. The minimum atomic E-state index is 0.530. The predicted octanol–water partition coefficient (Wildman–Crippen LogP) is 2.30. The Kier molecular flexibility index (Phi) is 7.39. The lowest BCUT2D eigenvalue weighted by atomic mass is 10.5. The first kappa shape index (κ1) is 11.0. The van der Waals surface area contributed by atoms with Crippen LogP contribution < -0.4 is 0 Å². The summed E-state index contributed by atoms with van der Waals surface area (Å²) in [4.78, 5) is 0. The molecule has 2 nitrogen and oxygen atoms in total. The predicted molar refractivity (Wildman–Crippen MR) is 50.9 cm³/mol. The van der Waals surface area contributed by atoms with Crippen LogP contribution in [0.25, 0.3) is 0 Å². The van der Waals surface area contributed by atoms with E-state index in [1.54, 1.807) is 6.08 Å². The Morgan fingerprint density at radius 1 is 1.42 bits per heavy atom. The molecular weight excluding hydrogens is 152 g/mol. The van der Waals surface area contributed by atoms with Gasteiger partial charge < -0.3 is 9.47 Å². The summed E-state index contributed by atoms with van der Waals surface area (Å²) in [6.45, 7) is 10.8. The topological polar surface area (TPSA) is 18.5 Å². The number of hydrogen-bond donors (Lipinski definition) is 0. The summed E-state index contributed by atoms with van der Waals surface area (Å²) in [5.74, 6) is 0.588. The number of rotatable bonds is 7. The molecule has 0 rings (SSSR count). The van der Waals surface area contributed by atoms with E-state index in [-0.39, 0.29) is 0 Å². The van der Waals surface area contributed by atoms with Crippen LogP contribution in [0.2, 0.25) is 0 Å². The second-order valence-electron chi connectivity index (χ2n) is 2.16. The maximum absolute atomic E-state index is 5.18. The highest BCUT2D eigenvalue weighted by Gasteiger charge is 1.87. The third-order valence-electron chi connectivity index (χ3n) is 1.19. The molecule has 0 N–H and O–H groups in total. The van der Waals surface area contributed by atoms with Gasteiger partial charge >= 0.3 is 0 Å². The van der Waals surface area contributed by atoms with E-state index in [0.717, 1.165) is 0 Å². The molecule has 0 fully saturated rings. The normalized spacial score (nSPS) is 10.1. The summed E-state index contributed by atoms with van der Waals surface area (Å²) in [6, 6.07) is 0. The Hall–Kier alpha value is -1.02. The first-order valence-corrected chi connectivity index (χ1v) is 3.94. The Morgan fingerprint density at radius 3 is 2.75 bits per heavy atom. The van der Waals surface area contributed by atoms with E-state index in [2.05, 4.69) is 13.2 Å². The second-order valence-corrected chi connectivity index (χ2v) is 2.16. The molecule has 0 saturated heterocycles. The molecular formula is C10H16O2. The molecule has 12 heavy (non-hydrogen) atoms. The summed E-state index contributed by atoms with van der Waals surface area (Å²) < 4.78 is 10.3. The van der Waals surface area contributed by atoms with E-state index in [0.29, 0.717) is 25.6 Å².